The molecule has 1 aromatic heterocycles. The van der Waals surface area contributed by atoms with E-state index in [2.05, 4.69) is 20.9 Å². The molecular formula is C13H11BrF2N2. The number of hydrogen-bond donors (Lipinski definition) is 1. The summed E-state index contributed by atoms with van der Waals surface area (Å²) in [5.74, 6) is -1.34. The molecular weight excluding hydrogens is 302 g/mol. The molecule has 0 aliphatic heterocycles. The summed E-state index contributed by atoms with van der Waals surface area (Å²) in [6.07, 6.45) is 3.17. The Balaban J connectivity index is 2.49. The van der Waals surface area contributed by atoms with Gasteiger partial charge in [-0.25, -0.2) is 8.78 Å². The lowest BCUT2D eigenvalue weighted by molar-refractivity contribution is 0.541. The van der Waals surface area contributed by atoms with Crippen molar-refractivity contribution in [1.82, 2.24) is 4.98 Å². The Morgan fingerprint density at radius 3 is 2.33 bits per heavy atom. The second-order valence-corrected chi connectivity index (χ2v) is 4.97. The van der Waals surface area contributed by atoms with Crippen molar-refractivity contribution in [2.45, 2.75) is 13.0 Å². The van der Waals surface area contributed by atoms with Crippen LogP contribution < -0.4 is 5.73 Å². The molecule has 2 nitrogen and oxygen atoms in total. The number of hydrogen-bond acceptors (Lipinski definition) is 2. The summed E-state index contributed by atoms with van der Waals surface area (Å²) < 4.78 is 27.9. The molecule has 2 aromatic rings. The lowest BCUT2D eigenvalue weighted by Gasteiger charge is -2.14. The lowest BCUT2D eigenvalue weighted by Crippen LogP contribution is -2.16. The number of pyridine rings is 1. The highest BCUT2D eigenvalue weighted by Gasteiger charge is 2.19. The molecule has 1 heterocycles. The van der Waals surface area contributed by atoms with E-state index in [1.54, 1.807) is 12.3 Å². The minimum atomic E-state index is -0.870. The van der Waals surface area contributed by atoms with Crippen molar-refractivity contribution in [3.8, 4) is 0 Å². The van der Waals surface area contributed by atoms with Crippen molar-refractivity contribution in [3.05, 3.63) is 63.4 Å². The third-order valence-corrected chi connectivity index (χ3v) is 3.07. The number of nitrogens with two attached hydrogens (primary N) is 1. The average molecular weight is 313 g/mol. The van der Waals surface area contributed by atoms with Crippen molar-refractivity contribution >= 4 is 15.9 Å². The molecule has 0 aliphatic carbocycles. The zero-order valence-corrected chi connectivity index (χ0v) is 11.2. The molecule has 1 aromatic carbocycles. The number of benzene rings is 1. The van der Waals surface area contributed by atoms with Crippen molar-refractivity contribution in [2.24, 2.45) is 5.73 Å². The quantitative estimate of drug-likeness (QED) is 0.922. The summed E-state index contributed by atoms with van der Waals surface area (Å²) in [7, 11) is 0. The monoisotopic (exact) mass is 312 g/mol. The van der Waals surface area contributed by atoms with Crippen LogP contribution in [-0.2, 0) is 0 Å². The first-order valence-corrected chi connectivity index (χ1v) is 6.10. The normalized spacial score (nSPS) is 12.5. The van der Waals surface area contributed by atoms with Gasteiger partial charge < -0.3 is 5.73 Å². The Morgan fingerprint density at radius 1 is 1.17 bits per heavy atom. The predicted molar refractivity (Wildman–Crippen MR) is 69.1 cm³/mol. The first kappa shape index (κ1) is 13.1. The molecule has 0 saturated heterocycles. The molecule has 2 N–H and O–H groups in total. The van der Waals surface area contributed by atoms with Crippen LogP contribution in [0.1, 0.15) is 22.7 Å². The first-order valence-electron chi connectivity index (χ1n) is 5.30. The summed E-state index contributed by atoms with van der Waals surface area (Å²) in [5, 5.41) is 0. The van der Waals surface area contributed by atoms with Crippen molar-refractivity contribution < 1.29 is 8.78 Å². The van der Waals surface area contributed by atoms with Gasteiger partial charge >= 0.3 is 0 Å². The van der Waals surface area contributed by atoms with Gasteiger partial charge in [-0.2, -0.15) is 0 Å². The fourth-order valence-electron chi connectivity index (χ4n) is 1.77. The van der Waals surface area contributed by atoms with Crippen LogP contribution in [0.4, 0.5) is 8.78 Å². The van der Waals surface area contributed by atoms with Gasteiger partial charge in [0.1, 0.15) is 11.6 Å². The molecule has 0 saturated carbocycles. The summed E-state index contributed by atoms with van der Waals surface area (Å²) in [6.45, 7) is 1.84. The van der Waals surface area contributed by atoms with Gasteiger partial charge in [0.25, 0.3) is 0 Å². The van der Waals surface area contributed by atoms with Crippen LogP contribution in [0.5, 0.6) is 0 Å². The SMILES string of the molecule is Cc1cncc(C(N)c2c(F)cc(Br)cc2F)c1. The summed E-state index contributed by atoms with van der Waals surface area (Å²) in [4.78, 5) is 3.97. The maximum Gasteiger partial charge on any atom is 0.132 e. The van der Waals surface area contributed by atoms with Crippen molar-refractivity contribution in [1.29, 1.82) is 0 Å². The Hall–Kier alpha value is -1.33. The Labute approximate surface area is 112 Å². The molecule has 0 bridgehead atoms. The number of aryl methyl sites for hydroxylation is 1. The van der Waals surface area contributed by atoms with Gasteiger partial charge in [-0.05, 0) is 30.2 Å². The highest BCUT2D eigenvalue weighted by molar-refractivity contribution is 9.10. The third kappa shape index (κ3) is 2.57. The second-order valence-electron chi connectivity index (χ2n) is 4.06. The smallest absolute Gasteiger partial charge is 0.132 e. The average Bonchev–Trinajstić information content (AvgIpc) is 2.27. The van der Waals surface area contributed by atoms with Gasteiger partial charge in [-0.1, -0.05) is 22.0 Å². The molecule has 1 unspecified atom stereocenters. The minimum absolute atomic E-state index is 0.148. The van der Waals surface area contributed by atoms with Gasteiger partial charge in [-0.3, -0.25) is 4.98 Å². The van der Waals surface area contributed by atoms with Crippen LogP contribution in [0.3, 0.4) is 0 Å². The minimum Gasteiger partial charge on any atom is -0.320 e. The summed E-state index contributed by atoms with van der Waals surface area (Å²) >= 11 is 3.03. The first-order chi connectivity index (χ1) is 8.49. The van der Waals surface area contributed by atoms with Gasteiger partial charge in [0.2, 0.25) is 0 Å². The van der Waals surface area contributed by atoms with E-state index in [1.807, 2.05) is 6.92 Å². The molecule has 5 heteroatoms. The van der Waals surface area contributed by atoms with Crippen LogP contribution in [-0.4, -0.2) is 4.98 Å². The van der Waals surface area contributed by atoms with Crippen LogP contribution in [0.2, 0.25) is 0 Å². The lowest BCUT2D eigenvalue weighted by atomic mass is 9.99. The maximum atomic E-state index is 13.8. The van der Waals surface area contributed by atoms with Crippen LogP contribution in [0.25, 0.3) is 0 Å². The standard InChI is InChI=1S/C13H11BrF2N2/c1-7-2-8(6-18-5-7)13(17)12-10(15)3-9(14)4-11(12)16/h2-6,13H,17H2,1H3. The van der Waals surface area contributed by atoms with Crippen LogP contribution in [0, 0.1) is 18.6 Å². The molecule has 0 radical (unpaired) electrons. The topological polar surface area (TPSA) is 38.9 Å². The zero-order valence-electron chi connectivity index (χ0n) is 9.62. The van der Waals surface area contributed by atoms with E-state index in [1.165, 1.54) is 18.3 Å². The van der Waals surface area contributed by atoms with Crippen molar-refractivity contribution in [3.63, 3.8) is 0 Å². The van der Waals surface area contributed by atoms with Gasteiger partial charge in [0.05, 0.1) is 6.04 Å². The number of rotatable bonds is 2. The van der Waals surface area contributed by atoms with Crippen LogP contribution >= 0.6 is 15.9 Å². The highest BCUT2D eigenvalue weighted by atomic mass is 79.9. The van der Waals surface area contributed by atoms with Gasteiger partial charge in [0, 0.05) is 22.4 Å². The van der Waals surface area contributed by atoms with E-state index in [0.29, 0.717) is 10.0 Å². The van der Waals surface area contributed by atoms with E-state index in [4.69, 9.17) is 5.73 Å². The number of nitrogens with zero attached hydrogens (tertiary/aromatic N) is 1. The van der Waals surface area contributed by atoms with Crippen molar-refractivity contribution in [2.75, 3.05) is 0 Å². The molecule has 1 atom stereocenters. The van der Waals surface area contributed by atoms with E-state index in [-0.39, 0.29) is 5.56 Å². The number of aromatic nitrogens is 1. The highest BCUT2D eigenvalue weighted by Crippen LogP contribution is 2.27. The van der Waals surface area contributed by atoms with Gasteiger partial charge in [0.15, 0.2) is 0 Å². The summed E-state index contributed by atoms with van der Waals surface area (Å²) in [5.41, 5.74) is 7.22. The zero-order chi connectivity index (χ0) is 13.3. The molecule has 18 heavy (non-hydrogen) atoms. The third-order valence-electron chi connectivity index (χ3n) is 2.61. The molecule has 0 amide bonds. The van der Waals surface area contributed by atoms with E-state index >= 15 is 0 Å². The number of halogens is 3. The predicted octanol–water partition coefficient (Wildman–Crippen LogP) is 3.48. The molecule has 2 rings (SSSR count). The summed E-state index contributed by atoms with van der Waals surface area (Å²) in [6, 6.07) is 3.28. The van der Waals surface area contributed by atoms with Crippen LogP contribution in [0.15, 0.2) is 35.1 Å². The van der Waals surface area contributed by atoms with E-state index < -0.39 is 17.7 Å². The fraction of sp³-hybridized carbons (Fsp3) is 0.154. The van der Waals surface area contributed by atoms with E-state index in [0.717, 1.165) is 5.56 Å². The largest absolute Gasteiger partial charge is 0.320 e. The molecule has 0 fully saturated rings. The molecule has 0 spiro atoms. The maximum absolute atomic E-state index is 13.8. The molecule has 94 valence electrons. The Kier molecular flexibility index (Phi) is 3.73. The Bertz CT molecular complexity index is 564. The van der Waals surface area contributed by atoms with Gasteiger partial charge in [-0.15, -0.1) is 0 Å². The molecule has 0 aliphatic rings. The Morgan fingerprint density at radius 2 is 1.78 bits per heavy atom. The fourth-order valence-corrected chi connectivity index (χ4v) is 2.17. The van der Waals surface area contributed by atoms with E-state index in [9.17, 15) is 8.78 Å². The second kappa shape index (κ2) is 5.12.